The lowest BCUT2D eigenvalue weighted by molar-refractivity contribution is 0.0678. The SMILES string of the molecule is CCCc1nc(C(=O)N2CCC(CNCC)CC2)n[nH]1. The molecule has 0 spiro atoms. The number of aryl methyl sites for hydroxylation is 1. The summed E-state index contributed by atoms with van der Waals surface area (Å²) in [4.78, 5) is 18.5. The molecular weight excluding hydrogens is 254 g/mol. The Bertz CT molecular complexity index is 423. The first-order chi connectivity index (χ1) is 9.74. The van der Waals surface area contributed by atoms with Crippen LogP contribution in [0, 0.1) is 5.92 Å². The maximum atomic E-state index is 12.3. The minimum absolute atomic E-state index is 0.0366. The molecule has 0 unspecified atom stereocenters. The van der Waals surface area contributed by atoms with Crippen LogP contribution in [0.1, 0.15) is 49.6 Å². The standard InChI is InChI=1S/C14H25N5O/c1-3-5-12-16-13(18-17-12)14(20)19-8-6-11(7-9-19)10-15-4-2/h11,15H,3-10H2,1-2H3,(H,16,17,18). The van der Waals surface area contributed by atoms with Gasteiger partial charge in [0.2, 0.25) is 5.82 Å². The Balaban J connectivity index is 1.84. The first-order valence-corrected chi connectivity index (χ1v) is 7.65. The number of aromatic amines is 1. The summed E-state index contributed by atoms with van der Waals surface area (Å²) in [6.45, 7) is 7.89. The van der Waals surface area contributed by atoms with E-state index >= 15 is 0 Å². The Kier molecular flexibility index (Phi) is 5.52. The Morgan fingerprint density at radius 2 is 2.15 bits per heavy atom. The Morgan fingerprint density at radius 1 is 1.40 bits per heavy atom. The molecule has 112 valence electrons. The first kappa shape index (κ1) is 15.0. The van der Waals surface area contributed by atoms with Crippen LogP contribution in [-0.4, -0.2) is 52.2 Å². The van der Waals surface area contributed by atoms with E-state index in [2.05, 4.69) is 34.3 Å². The summed E-state index contributed by atoms with van der Waals surface area (Å²) in [7, 11) is 0. The molecule has 1 saturated heterocycles. The van der Waals surface area contributed by atoms with Crippen molar-refractivity contribution in [2.75, 3.05) is 26.2 Å². The molecule has 2 rings (SSSR count). The average molecular weight is 279 g/mol. The molecule has 2 N–H and O–H groups in total. The van der Waals surface area contributed by atoms with E-state index in [0.717, 1.165) is 57.7 Å². The number of amides is 1. The number of aromatic nitrogens is 3. The van der Waals surface area contributed by atoms with E-state index in [1.807, 2.05) is 4.90 Å². The van der Waals surface area contributed by atoms with Crippen molar-refractivity contribution in [3.8, 4) is 0 Å². The van der Waals surface area contributed by atoms with Crippen molar-refractivity contribution in [1.82, 2.24) is 25.4 Å². The van der Waals surface area contributed by atoms with Crippen LogP contribution in [0.3, 0.4) is 0 Å². The second kappa shape index (κ2) is 7.38. The lowest BCUT2D eigenvalue weighted by Gasteiger charge is -2.31. The van der Waals surface area contributed by atoms with Gasteiger partial charge >= 0.3 is 0 Å². The van der Waals surface area contributed by atoms with E-state index < -0.39 is 0 Å². The third-order valence-electron chi connectivity index (χ3n) is 3.79. The lowest BCUT2D eigenvalue weighted by Crippen LogP contribution is -2.41. The third kappa shape index (κ3) is 3.79. The molecule has 1 aromatic heterocycles. The van der Waals surface area contributed by atoms with Crippen LogP contribution < -0.4 is 5.32 Å². The van der Waals surface area contributed by atoms with Crippen molar-refractivity contribution in [1.29, 1.82) is 0 Å². The van der Waals surface area contributed by atoms with Gasteiger partial charge in [0, 0.05) is 19.5 Å². The summed E-state index contributed by atoms with van der Waals surface area (Å²) in [6.07, 6.45) is 3.96. The van der Waals surface area contributed by atoms with Gasteiger partial charge in [-0.3, -0.25) is 9.89 Å². The van der Waals surface area contributed by atoms with Crippen LogP contribution in [0.15, 0.2) is 0 Å². The summed E-state index contributed by atoms with van der Waals surface area (Å²) in [5.74, 6) is 1.77. The van der Waals surface area contributed by atoms with Crippen molar-refractivity contribution in [2.24, 2.45) is 5.92 Å². The zero-order chi connectivity index (χ0) is 14.4. The van der Waals surface area contributed by atoms with Crippen molar-refractivity contribution in [3.05, 3.63) is 11.6 Å². The van der Waals surface area contributed by atoms with Crippen molar-refractivity contribution >= 4 is 5.91 Å². The quantitative estimate of drug-likeness (QED) is 0.821. The van der Waals surface area contributed by atoms with Gasteiger partial charge in [0.1, 0.15) is 5.82 Å². The average Bonchev–Trinajstić information content (AvgIpc) is 2.94. The van der Waals surface area contributed by atoms with Gasteiger partial charge in [-0.1, -0.05) is 13.8 Å². The molecule has 0 atom stereocenters. The fraction of sp³-hybridized carbons (Fsp3) is 0.786. The molecule has 0 aromatic carbocycles. The van der Waals surface area contributed by atoms with Gasteiger partial charge in [0.25, 0.3) is 5.91 Å². The van der Waals surface area contributed by atoms with Crippen LogP contribution in [0.4, 0.5) is 0 Å². The molecule has 6 nitrogen and oxygen atoms in total. The number of hydrogen-bond acceptors (Lipinski definition) is 4. The molecule has 1 aliphatic heterocycles. The highest BCUT2D eigenvalue weighted by molar-refractivity contribution is 5.90. The molecule has 0 radical (unpaired) electrons. The van der Waals surface area contributed by atoms with Crippen LogP contribution in [0.5, 0.6) is 0 Å². The van der Waals surface area contributed by atoms with Crippen molar-refractivity contribution in [3.63, 3.8) is 0 Å². The number of rotatable bonds is 6. The largest absolute Gasteiger partial charge is 0.336 e. The Morgan fingerprint density at radius 3 is 2.80 bits per heavy atom. The molecule has 1 aliphatic rings. The molecule has 1 fully saturated rings. The monoisotopic (exact) mass is 279 g/mol. The summed E-state index contributed by atoms with van der Waals surface area (Å²) in [6, 6.07) is 0. The zero-order valence-corrected chi connectivity index (χ0v) is 12.5. The van der Waals surface area contributed by atoms with E-state index in [1.54, 1.807) is 0 Å². The number of likely N-dealkylation sites (tertiary alicyclic amines) is 1. The Hall–Kier alpha value is -1.43. The number of hydrogen-bond donors (Lipinski definition) is 2. The predicted octanol–water partition coefficient (Wildman–Crippen LogP) is 1.22. The summed E-state index contributed by atoms with van der Waals surface area (Å²) in [5.41, 5.74) is 0. The molecule has 0 aliphatic carbocycles. The van der Waals surface area contributed by atoms with E-state index in [0.29, 0.717) is 11.7 Å². The topological polar surface area (TPSA) is 73.9 Å². The number of nitrogens with one attached hydrogen (secondary N) is 2. The fourth-order valence-electron chi connectivity index (χ4n) is 2.57. The second-order valence-electron chi connectivity index (χ2n) is 5.40. The number of nitrogens with zero attached hydrogens (tertiary/aromatic N) is 3. The number of carbonyl (C=O) groups is 1. The fourth-order valence-corrected chi connectivity index (χ4v) is 2.57. The van der Waals surface area contributed by atoms with Crippen molar-refractivity contribution in [2.45, 2.75) is 39.5 Å². The minimum Gasteiger partial charge on any atom is -0.336 e. The predicted molar refractivity (Wildman–Crippen MR) is 77.5 cm³/mol. The zero-order valence-electron chi connectivity index (χ0n) is 12.5. The van der Waals surface area contributed by atoms with Crippen LogP contribution in [-0.2, 0) is 6.42 Å². The highest BCUT2D eigenvalue weighted by Gasteiger charge is 2.25. The molecule has 1 aromatic rings. The summed E-state index contributed by atoms with van der Waals surface area (Å²) >= 11 is 0. The number of carbonyl (C=O) groups excluding carboxylic acids is 1. The van der Waals surface area contributed by atoms with E-state index in [4.69, 9.17) is 0 Å². The summed E-state index contributed by atoms with van der Waals surface area (Å²) < 4.78 is 0. The van der Waals surface area contributed by atoms with Gasteiger partial charge in [-0.05, 0) is 38.3 Å². The molecule has 1 amide bonds. The van der Waals surface area contributed by atoms with Crippen LogP contribution >= 0.6 is 0 Å². The van der Waals surface area contributed by atoms with Gasteiger partial charge < -0.3 is 10.2 Å². The van der Waals surface area contributed by atoms with E-state index in [9.17, 15) is 4.79 Å². The summed E-state index contributed by atoms with van der Waals surface area (Å²) in [5, 5.41) is 10.3. The molecule has 20 heavy (non-hydrogen) atoms. The minimum atomic E-state index is -0.0366. The van der Waals surface area contributed by atoms with Gasteiger partial charge in [0.15, 0.2) is 0 Å². The van der Waals surface area contributed by atoms with Gasteiger partial charge in [-0.2, -0.15) is 0 Å². The maximum absolute atomic E-state index is 12.3. The van der Waals surface area contributed by atoms with Crippen LogP contribution in [0.2, 0.25) is 0 Å². The molecule has 6 heteroatoms. The number of piperidine rings is 1. The van der Waals surface area contributed by atoms with Crippen LogP contribution in [0.25, 0.3) is 0 Å². The molecule has 0 bridgehead atoms. The smallest absolute Gasteiger partial charge is 0.293 e. The van der Waals surface area contributed by atoms with Gasteiger partial charge in [0.05, 0.1) is 0 Å². The highest BCUT2D eigenvalue weighted by atomic mass is 16.2. The Labute approximate surface area is 120 Å². The van der Waals surface area contributed by atoms with E-state index in [-0.39, 0.29) is 5.91 Å². The van der Waals surface area contributed by atoms with E-state index in [1.165, 1.54) is 0 Å². The van der Waals surface area contributed by atoms with Gasteiger partial charge in [-0.15, -0.1) is 5.10 Å². The molecule has 2 heterocycles. The normalized spacial score (nSPS) is 16.6. The highest BCUT2D eigenvalue weighted by Crippen LogP contribution is 2.17. The maximum Gasteiger partial charge on any atom is 0.293 e. The van der Waals surface area contributed by atoms with Crippen molar-refractivity contribution < 1.29 is 4.79 Å². The number of H-pyrrole nitrogens is 1. The first-order valence-electron chi connectivity index (χ1n) is 7.65. The van der Waals surface area contributed by atoms with Gasteiger partial charge in [-0.25, -0.2) is 4.98 Å². The molecular formula is C14H25N5O. The second-order valence-corrected chi connectivity index (χ2v) is 5.40. The third-order valence-corrected chi connectivity index (χ3v) is 3.79. The molecule has 0 saturated carbocycles. The lowest BCUT2D eigenvalue weighted by atomic mass is 9.97.